The molecule has 3 N–H and O–H groups in total. The zero-order valence-electron chi connectivity index (χ0n) is 27.2. The number of rotatable bonds is 9. The summed E-state index contributed by atoms with van der Waals surface area (Å²) < 4.78 is 31.6. The number of fused-ring (bicyclic) bond motifs is 2. The van der Waals surface area contributed by atoms with Gasteiger partial charge in [-0.15, -0.1) is 0 Å². The first-order chi connectivity index (χ1) is 24.6. The molecule has 51 heavy (non-hydrogen) atoms. The molecule has 7 rings (SSSR count). The SMILES string of the molecule is C1CCOC1.CCOC(=O)CC1OB(O)c2cc(Oc3cnccn3)cc(Cl)c21.O=C(O)CC1OB(O)c2cc(Oc3cnccn3)cc(Cl)c21. The van der Waals surface area contributed by atoms with Crippen LogP contribution >= 0.6 is 23.2 Å². The number of carboxylic acids is 1. The first-order valence-electron chi connectivity index (χ1n) is 15.8. The molecule has 2 aromatic carbocycles. The summed E-state index contributed by atoms with van der Waals surface area (Å²) >= 11 is 12.5. The molecule has 0 amide bonds. The van der Waals surface area contributed by atoms with Crippen LogP contribution in [0.4, 0.5) is 0 Å². The predicted molar refractivity (Wildman–Crippen MR) is 184 cm³/mol. The van der Waals surface area contributed by atoms with Gasteiger partial charge in [0.1, 0.15) is 11.5 Å². The smallest absolute Gasteiger partial charge is 0.481 e. The van der Waals surface area contributed by atoms with Gasteiger partial charge in [-0.1, -0.05) is 23.2 Å². The number of hydrogen-bond donors (Lipinski definition) is 3. The van der Waals surface area contributed by atoms with Gasteiger partial charge in [0, 0.05) is 48.0 Å². The van der Waals surface area contributed by atoms with Crippen LogP contribution in [0.3, 0.4) is 0 Å². The van der Waals surface area contributed by atoms with E-state index in [1.54, 1.807) is 25.1 Å². The number of aromatic nitrogens is 4. The molecule has 3 aliphatic heterocycles. The third-order valence-electron chi connectivity index (χ3n) is 7.40. The highest BCUT2D eigenvalue weighted by molar-refractivity contribution is 6.63. The lowest BCUT2D eigenvalue weighted by Crippen LogP contribution is -2.28. The average molecular weight is 741 g/mol. The van der Waals surface area contributed by atoms with Gasteiger partial charge in [-0.3, -0.25) is 19.6 Å². The van der Waals surface area contributed by atoms with Gasteiger partial charge in [0.05, 0.1) is 44.1 Å². The van der Waals surface area contributed by atoms with E-state index in [-0.39, 0.29) is 30.4 Å². The standard InChI is InChI=1S/C15H14BClN2O5.C13H10BClN2O5.C4H8O/c1-2-22-14(20)7-12-15-10(16(21)24-12)5-9(6-11(15)17)23-13-8-18-3-4-19-13;15-9-4-7(21-11-6-16-1-2-17-11)3-8-13(9)10(5-12(18)19)22-14(8)20;1-2-4-5-3-1/h3-6,8,12,21H,2,7H2,1H3;1-4,6,10,20H,5H2,(H,18,19);1-4H2. The van der Waals surface area contributed by atoms with E-state index in [9.17, 15) is 19.6 Å². The van der Waals surface area contributed by atoms with Crippen LogP contribution in [0.25, 0.3) is 0 Å². The maximum Gasteiger partial charge on any atom is 0.492 e. The molecule has 2 unspecified atom stereocenters. The van der Waals surface area contributed by atoms with Crippen molar-refractivity contribution in [3.8, 4) is 23.3 Å². The molecule has 0 spiro atoms. The van der Waals surface area contributed by atoms with Crippen molar-refractivity contribution >= 4 is 60.3 Å². The monoisotopic (exact) mass is 740 g/mol. The first kappa shape index (κ1) is 37.9. The third-order valence-corrected chi connectivity index (χ3v) is 8.03. The Morgan fingerprint density at radius 1 is 0.804 bits per heavy atom. The summed E-state index contributed by atoms with van der Waals surface area (Å²) in [6, 6.07) is 6.24. The fourth-order valence-electron chi connectivity index (χ4n) is 5.28. The van der Waals surface area contributed by atoms with E-state index >= 15 is 0 Å². The van der Waals surface area contributed by atoms with Crippen molar-refractivity contribution in [2.45, 2.75) is 44.8 Å². The summed E-state index contributed by atoms with van der Waals surface area (Å²) in [5.41, 5.74) is 1.86. The minimum Gasteiger partial charge on any atom is -0.481 e. The van der Waals surface area contributed by atoms with Crippen molar-refractivity contribution < 1.29 is 53.0 Å². The molecule has 2 aromatic heterocycles. The van der Waals surface area contributed by atoms with Crippen LogP contribution in [0, 0.1) is 0 Å². The lowest BCUT2D eigenvalue weighted by Gasteiger charge is -2.13. The van der Waals surface area contributed by atoms with Crippen LogP contribution in [0.1, 0.15) is 55.9 Å². The van der Waals surface area contributed by atoms with E-state index in [4.69, 9.17) is 56.6 Å². The lowest BCUT2D eigenvalue weighted by atomic mass is 9.79. The quantitative estimate of drug-likeness (QED) is 0.166. The van der Waals surface area contributed by atoms with Gasteiger partial charge in [-0.25, -0.2) is 9.97 Å². The Balaban J connectivity index is 0.000000174. The number of carboxylic acid groups (broad SMARTS) is 1. The number of nitrogens with zero attached hydrogens (tertiary/aromatic N) is 4. The summed E-state index contributed by atoms with van der Waals surface area (Å²) in [7, 11) is -2.44. The van der Waals surface area contributed by atoms with Gasteiger partial charge in [0.2, 0.25) is 11.8 Å². The summed E-state index contributed by atoms with van der Waals surface area (Å²) in [5.74, 6) is -0.153. The molecular formula is C32H32B2Cl2N4O11. The molecule has 0 saturated carbocycles. The minimum absolute atomic E-state index is 0.0258. The van der Waals surface area contributed by atoms with Gasteiger partial charge in [0.15, 0.2) is 0 Å². The fraction of sp³-hybridized carbons (Fsp3) is 0.312. The summed E-state index contributed by atoms with van der Waals surface area (Å²) in [6.45, 7) is 4.00. The topological polar surface area (TPSA) is 202 Å². The van der Waals surface area contributed by atoms with Gasteiger partial charge in [0.25, 0.3) is 0 Å². The van der Waals surface area contributed by atoms with Crippen molar-refractivity contribution in [3.63, 3.8) is 0 Å². The summed E-state index contributed by atoms with van der Waals surface area (Å²) in [4.78, 5) is 38.3. The molecule has 0 aliphatic carbocycles. The Hall–Kier alpha value is -4.35. The van der Waals surface area contributed by atoms with Gasteiger partial charge < -0.3 is 43.4 Å². The molecule has 4 aromatic rings. The first-order valence-corrected chi connectivity index (χ1v) is 16.5. The average Bonchev–Trinajstić information content (AvgIpc) is 3.84. The molecule has 0 bridgehead atoms. The predicted octanol–water partition coefficient (Wildman–Crippen LogP) is 3.59. The van der Waals surface area contributed by atoms with Crippen LogP contribution in [-0.2, 0) is 28.4 Å². The number of carbonyl (C=O) groups is 2. The fourth-order valence-corrected chi connectivity index (χ4v) is 5.96. The van der Waals surface area contributed by atoms with E-state index in [1.165, 1.54) is 56.1 Å². The van der Waals surface area contributed by atoms with E-state index in [0.29, 0.717) is 44.5 Å². The van der Waals surface area contributed by atoms with E-state index < -0.39 is 38.4 Å². The molecule has 2 atom stereocenters. The Kier molecular flexibility index (Phi) is 13.5. The number of ether oxygens (including phenoxy) is 4. The summed E-state index contributed by atoms with van der Waals surface area (Å²) in [5, 5.41) is 29.5. The highest BCUT2D eigenvalue weighted by Gasteiger charge is 2.40. The zero-order valence-corrected chi connectivity index (χ0v) is 28.7. The molecule has 15 nitrogen and oxygen atoms in total. The van der Waals surface area contributed by atoms with Gasteiger partial charge >= 0.3 is 26.2 Å². The van der Waals surface area contributed by atoms with Crippen molar-refractivity contribution in [3.05, 3.63) is 82.6 Å². The molecule has 1 fully saturated rings. The molecule has 1 saturated heterocycles. The summed E-state index contributed by atoms with van der Waals surface area (Å²) in [6.07, 6.45) is 9.70. The van der Waals surface area contributed by atoms with Crippen molar-refractivity contribution in [1.82, 2.24) is 19.9 Å². The van der Waals surface area contributed by atoms with Crippen LogP contribution in [0.2, 0.25) is 10.0 Å². The maximum atomic E-state index is 11.7. The molecule has 0 radical (unpaired) electrons. The van der Waals surface area contributed by atoms with Crippen molar-refractivity contribution in [2.24, 2.45) is 0 Å². The number of halogens is 2. The Morgan fingerprint density at radius 2 is 1.29 bits per heavy atom. The Bertz CT molecular complexity index is 1790. The van der Waals surface area contributed by atoms with Crippen LogP contribution in [-0.4, -0.2) is 81.1 Å². The number of hydrogen-bond acceptors (Lipinski definition) is 14. The van der Waals surface area contributed by atoms with Crippen LogP contribution in [0.15, 0.2) is 61.4 Å². The number of benzene rings is 2. The van der Waals surface area contributed by atoms with Gasteiger partial charge in [-0.2, -0.15) is 0 Å². The molecule has 19 heteroatoms. The second-order valence-corrected chi connectivity index (χ2v) is 11.8. The lowest BCUT2D eigenvalue weighted by molar-refractivity contribution is -0.145. The molecular weight excluding hydrogens is 709 g/mol. The van der Waals surface area contributed by atoms with Gasteiger partial charge in [-0.05, 0) is 66.1 Å². The van der Waals surface area contributed by atoms with Crippen LogP contribution in [0.5, 0.6) is 23.3 Å². The van der Waals surface area contributed by atoms with E-state index in [2.05, 4.69) is 19.9 Å². The largest absolute Gasteiger partial charge is 0.492 e. The van der Waals surface area contributed by atoms with E-state index in [0.717, 1.165) is 13.2 Å². The molecule has 3 aliphatic rings. The highest BCUT2D eigenvalue weighted by atomic mass is 35.5. The third kappa shape index (κ3) is 10.4. The molecule has 5 heterocycles. The van der Waals surface area contributed by atoms with Crippen molar-refractivity contribution in [2.75, 3.05) is 19.8 Å². The normalized spacial score (nSPS) is 17.0. The molecule has 266 valence electrons. The Morgan fingerprint density at radius 3 is 1.69 bits per heavy atom. The maximum absolute atomic E-state index is 11.7. The number of esters is 1. The number of aliphatic carboxylic acids is 1. The second-order valence-electron chi connectivity index (χ2n) is 11.0. The van der Waals surface area contributed by atoms with Crippen molar-refractivity contribution in [1.29, 1.82) is 0 Å². The Labute approximate surface area is 303 Å². The highest BCUT2D eigenvalue weighted by Crippen LogP contribution is 2.37. The number of carbonyl (C=O) groups excluding carboxylic acids is 1. The minimum atomic E-state index is -1.25. The zero-order chi connectivity index (χ0) is 36.3. The van der Waals surface area contributed by atoms with Crippen LogP contribution < -0.4 is 20.4 Å². The second kappa shape index (κ2) is 18.2. The van der Waals surface area contributed by atoms with E-state index in [1.807, 2.05) is 0 Å².